The number of carbonyl (C=O) groups is 2. The lowest BCUT2D eigenvalue weighted by Gasteiger charge is -2.12. The Morgan fingerprint density at radius 2 is 1.90 bits per heavy atom. The lowest BCUT2D eigenvalue weighted by Crippen LogP contribution is -2.10. The van der Waals surface area contributed by atoms with Crippen LogP contribution >= 0.6 is 0 Å². The van der Waals surface area contributed by atoms with Crippen molar-refractivity contribution in [1.29, 1.82) is 0 Å². The average molecular weight is 285 g/mol. The van der Waals surface area contributed by atoms with Crippen LogP contribution in [0.2, 0.25) is 0 Å². The molecule has 0 radical (unpaired) electrons. The fraction of sp³-hybridized carbons (Fsp3) is 0.125. The van der Waals surface area contributed by atoms with Gasteiger partial charge in [0.1, 0.15) is 5.75 Å². The summed E-state index contributed by atoms with van der Waals surface area (Å²) in [6.45, 7) is 1.76. The highest BCUT2D eigenvalue weighted by atomic mass is 16.5. The minimum atomic E-state index is -1.02. The number of anilines is 1. The predicted octanol–water partition coefficient (Wildman–Crippen LogP) is 3.53. The van der Waals surface area contributed by atoms with Gasteiger partial charge in [-0.25, -0.2) is 4.79 Å². The van der Waals surface area contributed by atoms with E-state index in [0.717, 1.165) is 0 Å². The van der Waals surface area contributed by atoms with Gasteiger partial charge in [-0.05, 0) is 30.3 Å². The number of carboxylic acid groups (broad SMARTS) is 1. The maximum Gasteiger partial charge on any atom is 0.335 e. The number of ether oxygens (including phenoxy) is 1. The third-order valence-electron chi connectivity index (χ3n) is 2.79. The average Bonchev–Trinajstić information content (AvgIpc) is 2.49. The molecule has 0 heterocycles. The van der Waals surface area contributed by atoms with Crippen LogP contribution in [0, 0.1) is 0 Å². The smallest absolute Gasteiger partial charge is 0.335 e. The van der Waals surface area contributed by atoms with Crippen molar-refractivity contribution in [3.63, 3.8) is 0 Å². The van der Waals surface area contributed by atoms with E-state index < -0.39 is 5.97 Å². The molecule has 0 saturated carbocycles. The van der Waals surface area contributed by atoms with Gasteiger partial charge >= 0.3 is 5.97 Å². The van der Waals surface area contributed by atoms with Crippen molar-refractivity contribution in [2.75, 3.05) is 5.32 Å². The lowest BCUT2D eigenvalue weighted by atomic mass is 10.2. The molecule has 0 aliphatic rings. The summed E-state index contributed by atoms with van der Waals surface area (Å²) in [6.07, 6.45) is 0.364. The molecule has 108 valence electrons. The van der Waals surface area contributed by atoms with Gasteiger partial charge in [-0.15, -0.1) is 0 Å². The van der Waals surface area contributed by atoms with Gasteiger partial charge in [-0.1, -0.05) is 25.1 Å². The zero-order chi connectivity index (χ0) is 15.2. The van der Waals surface area contributed by atoms with Crippen molar-refractivity contribution in [2.24, 2.45) is 0 Å². The van der Waals surface area contributed by atoms with Crippen LogP contribution in [0.4, 0.5) is 5.69 Å². The largest absolute Gasteiger partial charge is 0.478 e. The van der Waals surface area contributed by atoms with E-state index in [1.165, 1.54) is 12.1 Å². The molecule has 2 aromatic rings. The first-order valence-electron chi connectivity index (χ1n) is 6.50. The molecule has 5 nitrogen and oxygen atoms in total. The van der Waals surface area contributed by atoms with Gasteiger partial charge in [0.25, 0.3) is 0 Å². The Kier molecular flexibility index (Phi) is 4.56. The number of aromatic carboxylic acids is 1. The van der Waals surface area contributed by atoms with Gasteiger partial charge < -0.3 is 15.2 Å². The Morgan fingerprint density at radius 1 is 1.14 bits per heavy atom. The molecule has 1 amide bonds. The summed E-state index contributed by atoms with van der Waals surface area (Å²) in [5.41, 5.74) is 0.688. The number of amides is 1. The Hall–Kier alpha value is -2.82. The Morgan fingerprint density at radius 3 is 2.62 bits per heavy atom. The van der Waals surface area contributed by atoms with E-state index in [2.05, 4.69) is 5.32 Å². The molecular formula is C16H15NO4. The molecule has 21 heavy (non-hydrogen) atoms. The number of rotatable bonds is 5. The van der Waals surface area contributed by atoms with Crippen LogP contribution < -0.4 is 10.1 Å². The van der Waals surface area contributed by atoms with Crippen LogP contribution in [0.1, 0.15) is 23.7 Å². The van der Waals surface area contributed by atoms with E-state index in [-0.39, 0.29) is 11.5 Å². The fourth-order valence-corrected chi connectivity index (χ4v) is 1.72. The number of carbonyl (C=O) groups excluding carboxylic acids is 1. The third-order valence-corrected chi connectivity index (χ3v) is 2.79. The molecule has 5 heteroatoms. The number of hydrogen-bond donors (Lipinski definition) is 2. The molecule has 0 fully saturated rings. The Balaban J connectivity index is 2.25. The first kappa shape index (κ1) is 14.6. The summed E-state index contributed by atoms with van der Waals surface area (Å²) in [4.78, 5) is 22.4. The summed E-state index contributed by atoms with van der Waals surface area (Å²) >= 11 is 0. The first-order chi connectivity index (χ1) is 10.1. The van der Waals surface area contributed by atoms with Gasteiger partial charge in [-0.2, -0.15) is 0 Å². The van der Waals surface area contributed by atoms with Crippen molar-refractivity contribution >= 4 is 17.6 Å². The van der Waals surface area contributed by atoms with Crippen LogP contribution in [0.25, 0.3) is 0 Å². The van der Waals surface area contributed by atoms with E-state index >= 15 is 0 Å². The SMILES string of the molecule is CCC(=O)Nc1ccccc1Oc1cccc(C(=O)O)c1. The zero-order valence-corrected chi connectivity index (χ0v) is 11.5. The quantitative estimate of drug-likeness (QED) is 0.881. The van der Waals surface area contributed by atoms with Crippen LogP contribution in [0.15, 0.2) is 48.5 Å². The summed E-state index contributed by atoms with van der Waals surface area (Å²) in [7, 11) is 0. The molecular weight excluding hydrogens is 270 g/mol. The number of para-hydroxylation sites is 2. The molecule has 0 aliphatic carbocycles. The van der Waals surface area contributed by atoms with E-state index in [9.17, 15) is 9.59 Å². The van der Waals surface area contributed by atoms with Gasteiger partial charge in [0.2, 0.25) is 5.91 Å². The maximum absolute atomic E-state index is 11.5. The van der Waals surface area contributed by atoms with Crippen molar-refractivity contribution in [3.05, 3.63) is 54.1 Å². The van der Waals surface area contributed by atoms with Gasteiger partial charge in [0, 0.05) is 6.42 Å². The minimum Gasteiger partial charge on any atom is -0.478 e. The number of benzene rings is 2. The molecule has 2 N–H and O–H groups in total. The molecule has 0 bridgehead atoms. The highest BCUT2D eigenvalue weighted by Gasteiger charge is 2.09. The van der Waals surface area contributed by atoms with E-state index in [1.807, 2.05) is 0 Å². The molecule has 0 spiro atoms. The summed E-state index contributed by atoms with van der Waals surface area (Å²) < 4.78 is 5.67. The van der Waals surface area contributed by atoms with Crippen molar-refractivity contribution in [3.8, 4) is 11.5 Å². The summed E-state index contributed by atoms with van der Waals surface area (Å²) in [5.74, 6) is -0.284. The number of nitrogens with one attached hydrogen (secondary N) is 1. The molecule has 2 aromatic carbocycles. The number of hydrogen-bond acceptors (Lipinski definition) is 3. The van der Waals surface area contributed by atoms with Gasteiger partial charge in [0.05, 0.1) is 11.3 Å². The first-order valence-corrected chi connectivity index (χ1v) is 6.50. The standard InChI is InChI=1S/C16H15NO4/c1-2-15(18)17-13-8-3-4-9-14(13)21-12-7-5-6-11(10-12)16(19)20/h3-10H,2H2,1H3,(H,17,18)(H,19,20). The third kappa shape index (κ3) is 3.82. The van der Waals surface area contributed by atoms with Crippen LogP contribution in [-0.2, 0) is 4.79 Å². The fourth-order valence-electron chi connectivity index (χ4n) is 1.72. The monoisotopic (exact) mass is 285 g/mol. The summed E-state index contributed by atoms with van der Waals surface area (Å²) in [6, 6.07) is 13.2. The summed E-state index contributed by atoms with van der Waals surface area (Å²) in [5, 5.41) is 11.7. The Bertz CT molecular complexity index is 667. The van der Waals surface area contributed by atoms with Crippen LogP contribution in [0.3, 0.4) is 0 Å². The van der Waals surface area contributed by atoms with Gasteiger partial charge in [-0.3, -0.25) is 4.79 Å². The van der Waals surface area contributed by atoms with Crippen LogP contribution in [-0.4, -0.2) is 17.0 Å². The highest BCUT2D eigenvalue weighted by Crippen LogP contribution is 2.29. The maximum atomic E-state index is 11.5. The second-order valence-corrected chi connectivity index (χ2v) is 4.33. The molecule has 0 saturated heterocycles. The van der Waals surface area contributed by atoms with Gasteiger partial charge in [0.15, 0.2) is 5.75 Å². The van der Waals surface area contributed by atoms with Crippen LogP contribution in [0.5, 0.6) is 11.5 Å². The molecule has 0 aliphatic heterocycles. The van der Waals surface area contributed by atoms with E-state index in [4.69, 9.17) is 9.84 Å². The Labute approximate surface area is 122 Å². The molecule has 2 rings (SSSR count). The predicted molar refractivity (Wildman–Crippen MR) is 78.8 cm³/mol. The normalized spacial score (nSPS) is 9.95. The van der Waals surface area contributed by atoms with E-state index in [1.54, 1.807) is 43.3 Å². The van der Waals surface area contributed by atoms with E-state index in [0.29, 0.717) is 23.6 Å². The topological polar surface area (TPSA) is 75.6 Å². The number of carboxylic acids is 1. The molecule has 0 unspecified atom stereocenters. The van der Waals surface area contributed by atoms with Crippen molar-refractivity contribution in [1.82, 2.24) is 0 Å². The molecule has 0 aromatic heterocycles. The highest BCUT2D eigenvalue weighted by molar-refractivity contribution is 5.92. The van der Waals surface area contributed by atoms with Crippen molar-refractivity contribution in [2.45, 2.75) is 13.3 Å². The van der Waals surface area contributed by atoms with Crippen molar-refractivity contribution < 1.29 is 19.4 Å². The second-order valence-electron chi connectivity index (χ2n) is 4.33. The lowest BCUT2D eigenvalue weighted by molar-refractivity contribution is -0.115. The minimum absolute atomic E-state index is 0.120. The zero-order valence-electron chi connectivity index (χ0n) is 11.5. The second kappa shape index (κ2) is 6.56. The molecule has 0 atom stereocenters.